The average Bonchev–Trinajstić information content (AvgIpc) is 1.87. The van der Waals surface area contributed by atoms with Gasteiger partial charge in [0.25, 0.3) is 6.48 Å². The van der Waals surface area contributed by atoms with E-state index in [-0.39, 0.29) is 0 Å². The zero-order valence-electron chi connectivity index (χ0n) is 5.50. The molecule has 0 amide bonds. The number of rotatable bonds is 4. The van der Waals surface area contributed by atoms with E-state index in [2.05, 4.69) is 9.47 Å². The van der Waals surface area contributed by atoms with E-state index in [1.165, 1.54) is 14.0 Å². The minimum Gasteiger partial charge on any atom is -0.346 e. The standard InChI is InChI=1S/C5H11FO3/c1-4(3-6)9-5(7)8-2/h4-5,7H,3H2,1-2H3/t4-,5?/m0/s1. The van der Waals surface area contributed by atoms with Gasteiger partial charge >= 0.3 is 0 Å². The second kappa shape index (κ2) is 4.67. The second-order valence-corrected chi connectivity index (χ2v) is 1.64. The van der Waals surface area contributed by atoms with E-state index in [0.717, 1.165) is 0 Å². The summed E-state index contributed by atoms with van der Waals surface area (Å²) in [4.78, 5) is 0. The van der Waals surface area contributed by atoms with Gasteiger partial charge in [0, 0.05) is 7.11 Å². The maximum absolute atomic E-state index is 11.6. The number of methoxy groups -OCH3 is 1. The lowest BCUT2D eigenvalue weighted by molar-refractivity contribution is -0.268. The quantitative estimate of drug-likeness (QED) is 0.567. The van der Waals surface area contributed by atoms with Gasteiger partial charge in [-0.25, -0.2) is 4.39 Å². The van der Waals surface area contributed by atoms with E-state index < -0.39 is 19.3 Å². The molecule has 1 unspecified atom stereocenters. The molecule has 0 saturated carbocycles. The highest BCUT2D eigenvalue weighted by molar-refractivity contribution is 4.42. The summed E-state index contributed by atoms with van der Waals surface area (Å²) in [6.45, 7) is -0.432. The number of hydrogen-bond acceptors (Lipinski definition) is 3. The maximum Gasteiger partial charge on any atom is 0.269 e. The molecular weight excluding hydrogens is 127 g/mol. The Bertz CT molecular complexity index is 61.2. The van der Waals surface area contributed by atoms with Gasteiger partial charge in [-0.05, 0) is 6.92 Å². The Morgan fingerprint density at radius 3 is 2.56 bits per heavy atom. The third-order valence-corrected chi connectivity index (χ3v) is 0.768. The van der Waals surface area contributed by atoms with E-state index in [1.54, 1.807) is 0 Å². The Hall–Kier alpha value is -0.190. The van der Waals surface area contributed by atoms with E-state index in [9.17, 15) is 4.39 Å². The summed E-state index contributed by atoms with van der Waals surface area (Å²) in [5.74, 6) is 0. The molecule has 1 N–H and O–H groups in total. The second-order valence-electron chi connectivity index (χ2n) is 1.64. The summed E-state index contributed by atoms with van der Waals surface area (Å²) >= 11 is 0. The van der Waals surface area contributed by atoms with Crippen LogP contribution in [-0.4, -0.2) is 31.5 Å². The third-order valence-electron chi connectivity index (χ3n) is 0.768. The Kier molecular flexibility index (Phi) is 4.57. The molecule has 4 heteroatoms. The molecule has 9 heavy (non-hydrogen) atoms. The van der Waals surface area contributed by atoms with Crippen LogP contribution < -0.4 is 0 Å². The topological polar surface area (TPSA) is 38.7 Å². The summed E-state index contributed by atoms with van der Waals surface area (Å²) < 4.78 is 20.4. The van der Waals surface area contributed by atoms with Gasteiger partial charge in [-0.1, -0.05) is 0 Å². The first-order valence-electron chi connectivity index (χ1n) is 2.63. The van der Waals surface area contributed by atoms with Crippen LogP contribution in [0.25, 0.3) is 0 Å². The van der Waals surface area contributed by atoms with Gasteiger partial charge in [-0.2, -0.15) is 0 Å². The Balaban J connectivity index is 3.22. The zero-order chi connectivity index (χ0) is 7.28. The van der Waals surface area contributed by atoms with Crippen molar-refractivity contribution in [1.82, 2.24) is 0 Å². The van der Waals surface area contributed by atoms with Gasteiger partial charge in [-0.3, -0.25) is 0 Å². The van der Waals surface area contributed by atoms with E-state index in [4.69, 9.17) is 5.11 Å². The molecule has 0 aromatic carbocycles. The van der Waals surface area contributed by atoms with Crippen LogP contribution in [0.15, 0.2) is 0 Å². The molecule has 56 valence electrons. The van der Waals surface area contributed by atoms with Crippen LogP contribution in [0.4, 0.5) is 4.39 Å². The zero-order valence-corrected chi connectivity index (χ0v) is 5.50. The highest BCUT2D eigenvalue weighted by atomic mass is 19.1. The van der Waals surface area contributed by atoms with E-state index >= 15 is 0 Å². The van der Waals surface area contributed by atoms with Gasteiger partial charge in [0.05, 0.1) is 6.10 Å². The summed E-state index contributed by atoms with van der Waals surface area (Å²) in [6, 6.07) is 0. The smallest absolute Gasteiger partial charge is 0.269 e. The molecule has 0 spiro atoms. The largest absolute Gasteiger partial charge is 0.346 e. The molecular formula is C5H11FO3. The SMILES string of the molecule is COC(O)O[C@@H](C)CF. The highest BCUT2D eigenvalue weighted by Gasteiger charge is 2.06. The molecule has 0 fully saturated rings. The molecule has 3 nitrogen and oxygen atoms in total. The molecule has 0 saturated heterocycles. The average molecular weight is 138 g/mol. The summed E-state index contributed by atoms with van der Waals surface area (Å²) in [5, 5.41) is 8.55. The fourth-order valence-electron chi connectivity index (χ4n) is 0.291. The Labute approximate surface area is 53.4 Å². The molecule has 0 aliphatic heterocycles. The van der Waals surface area contributed by atoms with E-state index in [1.807, 2.05) is 0 Å². The number of alkyl halides is 1. The molecule has 0 radical (unpaired) electrons. The van der Waals surface area contributed by atoms with Gasteiger partial charge in [0.1, 0.15) is 6.67 Å². The predicted octanol–water partition coefficient (Wildman–Crippen LogP) is 0.283. The number of hydrogen-bond donors (Lipinski definition) is 1. The van der Waals surface area contributed by atoms with Crippen LogP contribution in [0.1, 0.15) is 6.92 Å². The van der Waals surface area contributed by atoms with Crippen molar-refractivity contribution in [1.29, 1.82) is 0 Å². The number of ether oxygens (including phenoxy) is 2. The van der Waals surface area contributed by atoms with Crippen LogP contribution in [-0.2, 0) is 9.47 Å². The van der Waals surface area contributed by atoms with Crippen molar-refractivity contribution in [2.75, 3.05) is 13.8 Å². The van der Waals surface area contributed by atoms with Crippen molar-refractivity contribution in [2.45, 2.75) is 19.5 Å². The predicted molar refractivity (Wildman–Crippen MR) is 29.5 cm³/mol. The molecule has 0 aromatic heterocycles. The van der Waals surface area contributed by atoms with Gasteiger partial charge in [0.2, 0.25) is 0 Å². The molecule has 0 aliphatic carbocycles. The molecule has 0 heterocycles. The van der Waals surface area contributed by atoms with Crippen molar-refractivity contribution in [3.8, 4) is 0 Å². The molecule has 0 rings (SSSR count). The lowest BCUT2D eigenvalue weighted by Crippen LogP contribution is -2.22. The molecule has 0 bridgehead atoms. The minimum absolute atomic E-state index is 0.611. The van der Waals surface area contributed by atoms with Gasteiger partial charge in [0.15, 0.2) is 0 Å². The van der Waals surface area contributed by atoms with Crippen LogP contribution in [0.2, 0.25) is 0 Å². The van der Waals surface area contributed by atoms with Crippen molar-refractivity contribution in [3.05, 3.63) is 0 Å². The van der Waals surface area contributed by atoms with Gasteiger partial charge in [-0.15, -0.1) is 0 Å². The summed E-state index contributed by atoms with van der Waals surface area (Å²) in [5.41, 5.74) is 0. The Morgan fingerprint density at radius 1 is 1.67 bits per heavy atom. The van der Waals surface area contributed by atoms with E-state index in [0.29, 0.717) is 0 Å². The lowest BCUT2D eigenvalue weighted by Gasteiger charge is -2.12. The number of aliphatic hydroxyl groups is 1. The first-order chi connectivity index (χ1) is 4.20. The minimum atomic E-state index is -1.31. The van der Waals surface area contributed by atoms with Crippen molar-refractivity contribution >= 4 is 0 Å². The highest BCUT2D eigenvalue weighted by Crippen LogP contribution is 1.95. The summed E-state index contributed by atoms with van der Waals surface area (Å²) in [6.07, 6.45) is -0.611. The molecule has 0 aromatic rings. The first-order valence-corrected chi connectivity index (χ1v) is 2.63. The van der Waals surface area contributed by atoms with Crippen LogP contribution in [0.3, 0.4) is 0 Å². The Morgan fingerprint density at radius 2 is 2.22 bits per heavy atom. The molecule has 0 aliphatic rings. The monoisotopic (exact) mass is 138 g/mol. The normalized spacial score (nSPS) is 17.3. The van der Waals surface area contributed by atoms with Gasteiger partial charge < -0.3 is 14.6 Å². The van der Waals surface area contributed by atoms with Crippen molar-refractivity contribution in [2.24, 2.45) is 0 Å². The van der Waals surface area contributed by atoms with Crippen molar-refractivity contribution < 1.29 is 19.0 Å². The fraction of sp³-hybridized carbons (Fsp3) is 1.00. The van der Waals surface area contributed by atoms with Crippen molar-refractivity contribution in [3.63, 3.8) is 0 Å². The third kappa shape index (κ3) is 4.32. The van der Waals surface area contributed by atoms with Crippen LogP contribution in [0, 0.1) is 0 Å². The first kappa shape index (κ1) is 8.81. The summed E-state index contributed by atoms with van der Waals surface area (Å²) in [7, 11) is 1.27. The number of halogens is 1. The maximum atomic E-state index is 11.6. The van der Waals surface area contributed by atoms with Crippen LogP contribution >= 0.6 is 0 Å². The fourth-order valence-corrected chi connectivity index (χ4v) is 0.291. The number of aliphatic hydroxyl groups excluding tert-OH is 1. The lowest BCUT2D eigenvalue weighted by atomic mass is 10.5. The van der Waals surface area contributed by atoms with Crippen LogP contribution in [0.5, 0.6) is 0 Å². The molecule has 2 atom stereocenters.